The molecule has 1 fully saturated rings. The van der Waals surface area contributed by atoms with Gasteiger partial charge in [-0.2, -0.15) is 0 Å². The first-order chi connectivity index (χ1) is 15.6. The fraction of sp³-hybridized carbons (Fsp3) is 0.125. The van der Waals surface area contributed by atoms with Gasteiger partial charge < -0.3 is 4.57 Å². The van der Waals surface area contributed by atoms with Crippen LogP contribution in [0.5, 0.6) is 0 Å². The normalized spacial score (nSPS) is 15.4. The third-order valence-corrected chi connectivity index (χ3v) is 7.16. The number of aryl methyl sites for hydroxylation is 1. The topological polar surface area (TPSA) is 71.4 Å². The molecule has 3 aromatic rings. The predicted molar refractivity (Wildman–Crippen MR) is 133 cm³/mol. The third-order valence-electron chi connectivity index (χ3n) is 5.51. The van der Waals surface area contributed by atoms with Gasteiger partial charge >= 0.3 is 6.03 Å². The van der Waals surface area contributed by atoms with E-state index in [-0.39, 0.29) is 5.57 Å². The summed E-state index contributed by atoms with van der Waals surface area (Å²) in [5, 5.41) is 3.22. The molecule has 4 rings (SSSR count). The minimum Gasteiger partial charge on any atom is -0.318 e. The number of carbonyl (C=O) groups excluding carboxylic acids is 3. The fourth-order valence-electron chi connectivity index (χ4n) is 3.83. The second-order valence-electron chi connectivity index (χ2n) is 7.60. The molecule has 0 atom stereocenters. The number of benzene rings is 2. The van der Waals surface area contributed by atoms with E-state index in [2.05, 4.69) is 21.2 Å². The molecule has 6 nitrogen and oxygen atoms in total. The van der Waals surface area contributed by atoms with Crippen molar-refractivity contribution in [2.75, 3.05) is 4.90 Å². The highest BCUT2D eigenvalue weighted by Crippen LogP contribution is 2.31. The second-order valence-corrected chi connectivity index (χ2v) is 9.27. The number of halogens is 3. The number of barbiturate groups is 1. The smallest absolute Gasteiger partial charge is 0.318 e. The molecule has 0 unspecified atom stereocenters. The maximum Gasteiger partial charge on any atom is 0.335 e. The molecule has 33 heavy (non-hydrogen) atoms. The first-order valence-corrected chi connectivity index (χ1v) is 11.5. The standard InChI is InChI=1S/C24H18BrCl2N3O3/c1-12-9-15(14(3)29(12)16-7-8-18(25)20(27)11-16)10-17-22(31)28-24(33)30(23(17)32)21-6-4-5-19(26)13(21)2/h4-11H,1-3H3,(H,28,31,33)/b17-10+. The molecule has 0 radical (unpaired) electrons. The van der Waals surface area contributed by atoms with Gasteiger partial charge in [0.1, 0.15) is 5.57 Å². The third kappa shape index (κ3) is 4.12. The Labute approximate surface area is 208 Å². The highest BCUT2D eigenvalue weighted by Gasteiger charge is 2.37. The van der Waals surface area contributed by atoms with Gasteiger partial charge in [-0.05, 0) is 90.3 Å². The molecule has 9 heteroatoms. The van der Waals surface area contributed by atoms with Gasteiger partial charge in [0.15, 0.2) is 0 Å². The Hall–Kier alpha value is -2.87. The van der Waals surface area contributed by atoms with Gasteiger partial charge in [0.2, 0.25) is 0 Å². The highest BCUT2D eigenvalue weighted by molar-refractivity contribution is 9.10. The molecular weight excluding hydrogens is 529 g/mol. The lowest BCUT2D eigenvalue weighted by Crippen LogP contribution is -2.54. The van der Waals surface area contributed by atoms with Crippen LogP contribution < -0.4 is 10.2 Å². The molecule has 0 spiro atoms. The Morgan fingerprint density at radius 1 is 0.970 bits per heavy atom. The van der Waals surface area contributed by atoms with E-state index in [1.54, 1.807) is 25.1 Å². The van der Waals surface area contributed by atoms with E-state index in [1.165, 1.54) is 6.08 Å². The molecule has 2 aromatic carbocycles. The molecule has 1 N–H and O–H groups in total. The summed E-state index contributed by atoms with van der Waals surface area (Å²) in [6.07, 6.45) is 1.50. The summed E-state index contributed by atoms with van der Waals surface area (Å²) in [7, 11) is 0. The molecule has 1 aromatic heterocycles. The number of rotatable bonds is 3. The van der Waals surface area contributed by atoms with Crippen LogP contribution in [0, 0.1) is 20.8 Å². The van der Waals surface area contributed by atoms with E-state index in [0.717, 1.165) is 26.4 Å². The molecule has 0 bridgehead atoms. The molecular formula is C24H18BrCl2N3O3. The van der Waals surface area contributed by atoms with Crippen molar-refractivity contribution in [1.82, 2.24) is 9.88 Å². The zero-order chi connectivity index (χ0) is 24.0. The number of carbonyl (C=O) groups is 3. The number of nitrogens with zero attached hydrogens (tertiary/aromatic N) is 2. The zero-order valence-corrected chi connectivity index (χ0v) is 21.0. The largest absolute Gasteiger partial charge is 0.335 e. The van der Waals surface area contributed by atoms with Crippen LogP contribution in [0.1, 0.15) is 22.5 Å². The van der Waals surface area contributed by atoms with Crippen LogP contribution in [-0.2, 0) is 9.59 Å². The average molecular weight is 547 g/mol. The van der Waals surface area contributed by atoms with Crippen LogP contribution in [0.2, 0.25) is 10.0 Å². The summed E-state index contributed by atoms with van der Waals surface area (Å²) >= 11 is 15.8. The Balaban J connectivity index is 1.79. The molecule has 1 saturated heterocycles. The van der Waals surface area contributed by atoms with Crippen LogP contribution in [0.15, 0.2) is 52.5 Å². The number of imide groups is 2. The van der Waals surface area contributed by atoms with Crippen molar-refractivity contribution in [3.8, 4) is 5.69 Å². The molecule has 2 heterocycles. The number of urea groups is 1. The van der Waals surface area contributed by atoms with Crippen molar-refractivity contribution in [3.63, 3.8) is 0 Å². The Morgan fingerprint density at radius 2 is 1.70 bits per heavy atom. The van der Waals surface area contributed by atoms with E-state index >= 15 is 0 Å². The number of hydrogen-bond donors (Lipinski definition) is 1. The Bertz CT molecular complexity index is 1380. The first kappa shape index (κ1) is 23.3. The number of anilines is 1. The van der Waals surface area contributed by atoms with Crippen molar-refractivity contribution in [2.45, 2.75) is 20.8 Å². The lowest BCUT2D eigenvalue weighted by atomic mass is 10.1. The predicted octanol–water partition coefficient (Wildman–Crippen LogP) is 6.14. The minimum absolute atomic E-state index is 0.150. The average Bonchev–Trinajstić information content (AvgIpc) is 3.03. The van der Waals surface area contributed by atoms with Gasteiger partial charge in [0, 0.05) is 26.6 Å². The molecule has 1 aliphatic rings. The quantitative estimate of drug-likeness (QED) is 0.317. The van der Waals surface area contributed by atoms with Gasteiger partial charge in [-0.1, -0.05) is 29.3 Å². The van der Waals surface area contributed by atoms with Crippen LogP contribution in [0.3, 0.4) is 0 Å². The van der Waals surface area contributed by atoms with E-state index in [1.807, 2.05) is 42.7 Å². The summed E-state index contributed by atoms with van der Waals surface area (Å²) in [5.41, 5.74) is 3.93. The van der Waals surface area contributed by atoms with Crippen molar-refractivity contribution >= 4 is 68.7 Å². The summed E-state index contributed by atoms with van der Waals surface area (Å²) in [6, 6.07) is 11.5. The molecule has 1 aliphatic heterocycles. The van der Waals surface area contributed by atoms with Gasteiger partial charge in [0.05, 0.1) is 10.7 Å². The molecule has 0 aliphatic carbocycles. The first-order valence-electron chi connectivity index (χ1n) is 9.91. The number of nitrogens with one attached hydrogen (secondary N) is 1. The van der Waals surface area contributed by atoms with Gasteiger partial charge in [-0.15, -0.1) is 0 Å². The van der Waals surface area contributed by atoms with Crippen LogP contribution in [0.25, 0.3) is 11.8 Å². The van der Waals surface area contributed by atoms with Crippen molar-refractivity contribution in [3.05, 3.63) is 85.1 Å². The Kier molecular flexibility index (Phi) is 6.22. The van der Waals surface area contributed by atoms with E-state index in [4.69, 9.17) is 23.2 Å². The monoisotopic (exact) mass is 545 g/mol. The lowest BCUT2D eigenvalue weighted by molar-refractivity contribution is -0.122. The van der Waals surface area contributed by atoms with Crippen molar-refractivity contribution < 1.29 is 14.4 Å². The maximum atomic E-state index is 13.3. The minimum atomic E-state index is -0.817. The van der Waals surface area contributed by atoms with E-state index < -0.39 is 17.8 Å². The maximum absolute atomic E-state index is 13.3. The molecule has 0 saturated carbocycles. The SMILES string of the molecule is Cc1c(Cl)cccc1N1C(=O)NC(=O)/C(=C\c2cc(C)n(-c3ccc(Br)c(Cl)c3)c2C)C1=O. The second kappa shape index (κ2) is 8.82. The van der Waals surface area contributed by atoms with Crippen LogP contribution in [-0.4, -0.2) is 22.4 Å². The summed E-state index contributed by atoms with van der Waals surface area (Å²) in [5.74, 6) is -1.47. The van der Waals surface area contributed by atoms with Crippen molar-refractivity contribution in [2.24, 2.45) is 0 Å². The summed E-state index contributed by atoms with van der Waals surface area (Å²) in [4.78, 5) is 39.3. The van der Waals surface area contributed by atoms with E-state index in [9.17, 15) is 14.4 Å². The van der Waals surface area contributed by atoms with Crippen LogP contribution in [0.4, 0.5) is 10.5 Å². The van der Waals surface area contributed by atoms with Crippen molar-refractivity contribution in [1.29, 1.82) is 0 Å². The van der Waals surface area contributed by atoms with Gasteiger partial charge in [0.25, 0.3) is 11.8 Å². The van der Waals surface area contributed by atoms with Crippen LogP contribution >= 0.6 is 39.1 Å². The molecule has 4 amide bonds. The highest BCUT2D eigenvalue weighted by atomic mass is 79.9. The Morgan fingerprint density at radius 3 is 2.39 bits per heavy atom. The number of hydrogen-bond acceptors (Lipinski definition) is 3. The lowest BCUT2D eigenvalue weighted by Gasteiger charge is -2.27. The fourth-order valence-corrected chi connectivity index (χ4v) is 4.42. The number of aromatic nitrogens is 1. The summed E-state index contributed by atoms with van der Waals surface area (Å²) < 4.78 is 2.75. The van der Waals surface area contributed by atoms with Gasteiger partial charge in [-0.3, -0.25) is 14.9 Å². The number of amides is 4. The molecule has 168 valence electrons. The zero-order valence-electron chi connectivity index (χ0n) is 17.9. The summed E-state index contributed by atoms with van der Waals surface area (Å²) in [6.45, 7) is 5.50. The van der Waals surface area contributed by atoms with Gasteiger partial charge in [-0.25, -0.2) is 9.69 Å². The van der Waals surface area contributed by atoms with E-state index in [0.29, 0.717) is 26.9 Å².